The third kappa shape index (κ3) is 3.74. The van der Waals surface area contributed by atoms with Gasteiger partial charge in [-0.2, -0.15) is 0 Å². The van der Waals surface area contributed by atoms with E-state index in [1.807, 2.05) is 0 Å². The molecule has 0 spiro atoms. The van der Waals surface area contributed by atoms with E-state index >= 15 is 0 Å². The third-order valence-corrected chi connectivity index (χ3v) is 4.73. The average molecular weight is 259 g/mol. The lowest BCUT2D eigenvalue weighted by molar-refractivity contribution is 0.677. The molecule has 1 atom stereocenters. The van der Waals surface area contributed by atoms with Crippen molar-refractivity contribution in [3.05, 3.63) is 42.1 Å². The zero-order valence-electron chi connectivity index (χ0n) is 11.9. The van der Waals surface area contributed by atoms with Crippen LogP contribution in [-0.4, -0.2) is 20.7 Å². The summed E-state index contributed by atoms with van der Waals surface area (Å²) in [5.41, 5.74) is 3.87. The Hall–Kier alpha value is -1.02. The Labute approximate surface area is 113 Å². The van der Waals surface area contributed by atoms with Crippen LogP contribution in [0.4, 0.5) is 5.69 Å². The van der Waals surface area contributed by atoms with E-state index in [4.69, 9.17) is 0 Å². The normalized spacial score (nSPS) is 20.8. The van der Waals surface area contributed by atoms with E-state index in [1.165, 1.54) is 31.5 Å². The summed E-state index contributed by atoms with van der Waals surface area (Å²) in [6, 6.07) is 11.6. The van der Waals surface area contributed by atoms with Crippen LogP contribution in [0.2, 0.25) is 19.6 Å². The van der Waals surface area contributed by atoms with Gasteiger partial charge in [-0.25, -0.2) is 0 Å². The van der Waals surface area contributed by atoms with Gasteiger partial charge in [-0.05, 0) is 31.4 Å². The van der Waals surface area contributed by atoms with Crippen LogP contribution in [0.5, 0.6) is 0 Å². The molecule has 0 amide bonds. The smallest absolute Gasteiger partial charge is 0.0682 e. The predicted octanol–water partition coefficient (Wildman–Crippen LogP) is 4.48. The summed E-state index contributed by atoms with van der Waals surface area (Å²) >= 11 is 0. The Balaban J connectivity index is 1.98. The first-order valence-electron chi connectivity index (χ1n) is 7.06. The summed E-state index contributed by atoms with van der Waals surface area (Å²) in [5.74, 6) is 0. The van der Waals surface area contributed by atoms with E-state index in [9.17, 15) is 0 Å². The number of benzene rings is 1. The molecule has 0 saturated carbocycles. The third-order valence-electron chi connectivity index (χ3n) is 3.49. The zero-order chi connectivity index (χ0) is 13.0. The quantitative estimate of drug-likeness (QED) is 0.721. The molecule has 1 heterocycles. The molecule has 2 rings (SSSR count). The minimum atomic E-state index is -1.03. The zero-order valence-corrected chi connectivity index (χ0v) is 12.9. The highest BCUT2D eigenvalue weighted by atomic mass is 28.3. The van der Waals surface area contributed by atoms with E-state index in [1.54, 1.807) is 0 Å². The number of hydrogen-bond acceptors (Lipinski definition) is 1. The van der Waals surface area contributed by atoms with Crippen LogP contribution in [0.15, 0.2) is 42.1 Å². The van der Waals surface area contributed by atoms with Crippen molar-refractivity contribution in [1.29, 1.82) is 0 Å². The molecule has 1 aromatic carbocycles. The number of para-hydroxylation sites is 1. The SMILES string of the molecule is C[Si](C)(C)/C=C/CC1CCCN1c1ccccc1. The van der Waals surface area contributed by atoms with Gasteiger partial charge in [0.1, 0.15) is 0 Å². The Morgan fingerprint density at radius 2 is 1.94 bits per heavy atom. The molecule has 1 fully saturated rings. The molecule has 98 valence electrons. The monoisotopic (exact) mass is 259 g/mol. The number of hydrogen-bond donors (Lipinski definition) is 0. The molecule has 1 saturated heterocycles. The molecule has 0 radical (unpaired) electrons. The number of nitrogens with zero attached hydrogens (tertiary/aromatic N) is 1. The van der Waals surface area contributed by atoms with E-state index in [-0.39, 0.29) is 0 Å². The second-order valence-electron chi connectivity index (χ2n) is 6.33. The van der Waals surface area contributed by atoms with E-state index in [0.717, 1.165) is 0 Å². The van der Waals surface area contributed by atoms with Gasteiger partial charge in [0.05, 0.1) is 8.07 Å². The van der Waals surface area contributed by atoms with Crippen LogP contribution in [-0.2, 0) is 0 Å². The lowest BCUT2D eigenvalue weighted by Crippen LogP contribution is -2.28. The van der Waals surface area contributed by atoms with Gasteiger partial charge in [0.2, 0.25) is 0 Å². The van der Waals surface area contributed by atoms with Gasteiger partial charge < -0.3 is 4.90 Å². The molecule has 2 heteroatoms. The molecule has 1 aliphatic rings. The lowest BCUT2D eigenvalue weighted by atomic mass is 10.1. The molecule has 18 heavy (non-hydrogen) atoms. The Morgan fingerprint density at radius 3 is 2.61 bits per heavy atom. The van der Waals surface area contributed by atoms with Crippen LogP contribution in [0.1, 0.15) is 19.3 Å². The van der Waals surface area contributed by atoms with E-state index < -0.39 is 8.07 Å². The van der Waals surface area contributed by atoms with Crippen molar-refractivity contribution in [2.24, 2.45) is 0 Å². The van der Waals surface area contributed by atoms with Crippen LogP contribution in [0, 0.1) is 0 Å². The lowest BCUT2D eigenvalue weighted by Gasteiger charge is -2.26. The van der Waals surface area contributed by atoms with Crippen molar-refractivity contribution in [1.82, 2.24) is 0 Å². The van der Waals surface area contributed by atoms with Crippen molar-refractivity contribution >= 4 is 13.8 Å². The Kier molecular flexibility index (Phi) is 4.28. The van der Waals surface area contributed by atoms with Crippen LogP contribution < -0.4 is 4.90 Å². The maximum absolute atomic E-state index is 2.58. The maximum atomic E-state index is 2.58. The second-order valence-corrected chi connectivity index (χ2v) is 11.4. The molecule has 0 bridgehead atoms. The van der Waals surface area contributed by atoms with Gasteiger partial charge in [0.15, 0.2) is 0 Å². The Bertz CT molecular complexity index is 391. The molecule has 1 aromatic rings. The first-order valence-corrected chi connectivity index (χ1v) is 10.6. The Morgan fingerprint density at radius 1 is 1.22 bits per heavy atom. The number of anilines is 1. The molecule has 1 nitrogen and oxygen atoms in total. The van der Waals surface area contributed by atoms with Crippen molar-refractivity contribution < 1.29 is 0 Å². The maximum Gasteiger partial charge on any atom is 0.0682 e. The number of rotatable bonds is 4. The van der Waals surface area contributed by atoms with Crippen molar-refractivity contribution in [3.63, 3.8) is 0 Å². The van der Waals surface area contributed by atoms with Gasteiger partial charge in [0, 0.05) is 18.3 Å². The minimum Gasteiger partial charge on any atom is -0.368 e. The first-order chi connectivity index (χ1) is 8.56. The summed E-state index contributed by atoms with van der Waals surface area (Å²) in [6.45, 7) is 8.41. The molecule has 1 unspecified atom stereocenters. The fraction of sp³-hybridized carbons (Fsp3) is 0.500. The van der Waals surface area contributed by atoms with Crippen molar-refractivity contribution in [2.45, 2.75) is 44.9 Å². The summed E-state index contributed by atoms with van der Waals surface area (Å²) in [5, 5.41) is 0. The molecule has 0 aromatic heterocycles. The molecular formula is C16H25NSi. The summed E-state index contributed by atoms with van der Waals surface area (Å²) in [4.78, 5) is 2.58. The van der Waals surface area contributed by atoms with Gasteiger partial charge in [0.25, 0.3) is 0 Å². The predicted molar refractivity (Wildman–Crippen MR) is 83.9 cm³/mol. The van der Waals surface area contributed by atoms with Crippen LogP contribution in [0.25, 0.3) is 0 Å². The average Bonchev–Trinajstić information content (AvgIpc) is 2.77. The molecule has 0 N–H and O–H groups in total. The van der Waals surface area contributed by atoms with E-state index in [2.05, 4.69) is 66.6 Å². The van der Waals surface area contributed by atoms with Gasteiger partial charge in [-0.15, -0.1) is 0 Å². The van der Waals surface area contributed by atoms with Crippen molar-refractivity contribution in [2.75, 3.05) is 11.4 Å². The minimum absolute atomic E-state index is 0.708. The summed E-state index contributed by atoms with van der Waals surface area (Å²) in [6.07, 6.45) is 6.31. The highest BCUT2D eigenvalue weighted by Gasteiger charge is 2.23. The molecular weight excluding hydrogens is 234 g/mol. The summed E-state index contributed by atoms with van der Waals surface area (Å²) < 4.78 is 0. The second kappa shape index (κ2) is 5.74. The fourth-order valence-corrected chi connectivity index (χ4v) is 3.46. The van der Waals surface area contributed by atoms with Crippen LogP contribution in [0.3, 0.4) is 0 Å². The highest BCUT2D eigenvalue weighted by Crippen LogP contribution is 2.27. The van der Waals surface area contributed by atoms with Gasteiger partial charge in [-0.1, -0.05) is 49.6 Å². The standard InChI is InChI=1S/C16H25NSi/c1-18(2,3)14-8-12-16-11-7-13-17(16)15-9-5-4-6-10-15/h4-6,8-10,14,16H,7,11-13H2,1-3H3/b14-8+. The largest absolute Gasteiger partial charge is 0.368 e. The van der Waals surface area contributed by atoms with Gasteiger partial charge in [-0.3, -0.25) is 0 Å². The summed E-state index contributed by atoms with van der Waals surface area (Å²) in [7, 11) is -1.03. The topological polar surface area (TPSA) is 3.24 Å². The van der Waals surface area contributed by atoms with Crippen LogP contribution >= 0.6 is 0 Å². The van der Waals surface area contributed by atoms with Gasteiger partial charge >= 0.3 is 0 Å². The highest BCUT2D eigenvalue weighted by molar-refractivity contribution is 6.80. The fourth-order valence-electron chi connectivity index (χ4n) is 2.62. The molecule has 1 aliphatic heterocycles. The van der Waals surface area contributed by atoms with E-state index in [0.29, 0.717) is 6.04 Å². The molecule has 0 aliphatic carbocycles. The van der Waals surface area contributed by atoms with Crippen molar-refractivity contribution in [3.8, 4) is 0 Å². The first kappa shape index (κ1) is 13.4.